The number of hydrogen-bond acceptors (Lipinski definition) is 6. The molecule has 1 aromatic heterocycles. The van der Waals surface area contributed by atoms with Gasteiger partial charge in [-0.2, -0.15) is 0 Å². The van der Waals surface area contributed by atoms with Crippen LogP contribution in [-0.4, -0.2) is 60.0 Å². The quantitative estimate of drug-likeness (QED) is 0.606. The Morgan fingerprint density at radius 3 is 2.86 bits per heavy atom. The van der Waals surface area contributed by atoms with E-state index in [9.17, 15) is 9.59 Å². The lowest BCUT2D eigenvalue weighted by Gasteiger charge is -2.34. The van der Waals surface area contributed by atoms with E-state index in [0.29, 0.717) is 43.5 Å². The van der Waals surface area contributed by atoms with Gasteiger partial charge in [0, 0.05) is 32.0 Å². The lowest BCUT2D eigenvalue weighted by atomic mass is 10.1. The van der Waals surface area contributed by atoms with Gasteiger partial charge in [-0.1, -0.05) is 6.07 Å². The third-order valence-electron chi connectivity index (χ3n) is 4.66. The van der Waals surface area contributed by atoms with Crippen LogP contribution in [0.5, 0.6) is 11.5 Å². The number of methoxy groups -OCH3 is 2. The number of ether oxygens (including phenoxy) is 2. The number of piperazine rings is 1. The molecular formula is C19H25N5O4. The molecule has 1 saturated heterocycles. The molecule has 1 aromatic carbocycles. The fraction of sp³-hybridized carbons (Fsp3) is 0.421. The number of benzene rings is 1. The third kappa shape index (κ3) is 4.80. The molecule has 2 aromatic rings. The standard InChI is InChI=1S/C19H25N5O4/c1-27-15-4-3-13(9-16(15)28-2)12-24-8-7-22-19(26)14(24)10-18(25)23-11-17-20-5-6-21-17/h3-6,9,14H,7-8,10-12H2,1-2H3,(H,20,21)(H,22,26)(H,23,25). The van der Waals surface area contributed by atoms with Crippen molar-refractivity contribution in [2.45, 2.75) is 25.6 Å². The van der Waals surface area contributed by atoms with E-state index in [-0.39, 0.29) is 18.2 Å². The van der Waals surface area contributed by atoms with Crippen LogP contribution >= 0.6 is 0 Å². The molecule has 0 radical (unpaired) electrons. The van der Waals surface area contributed by atoms with Crippen molar-refractivity contribution in [1.82, 2.24) is 25.5 Å². The first-order chi connectivity index (χ1) is 13.6. The topological polar surface area (TPSA) is 109 Å². The number of nitrogens with zero attached hydrogens (tertiary/aromatic N) is 2. The fourth-order valence-electron chi connectivity index (χ4n) is 3.21. The van der Waals surface area contributed by atoms with Crippen LogP contribution in [0, 0.1) is 0 Å². The minimum atomic E-state index is -0.529. The van der Waals surface area contributed by atoms with Gasteiger partial charge in [-0.15, -0.1) is 0 Å². The van der Waals surface area contributed by atoms with Crippen molar-refractivity contribution >= 4 is 11.8 Å². The third-order valence-corrected chi connectivity index (χ3v) is 4.66. The summed E-state index contributed by atoms with van der Waals surface area (Å²) in [5, 5.41) is 5.63. The van der Waals surface area contributed by atoms with E-state index in [2.05, 4.69) is 20.6 Å². The molecule has 28 heavy (non-hydrogen) atoms. The van der Waals surface area contributed by atoms with Gasteiger partial charge in [-0.25, -0.2) is 4.98 Å². The number of rotatable bonds is 8. The first-order valence-electron chi connectivity index (χ1n) is 9.08. The molecule has 1 unspecified atom stereocenters. The molecule has 0 saturated carbocycles. The number of aromatic nitrogens is 2. The monoisotopic (exact) mass is 387 g/mol. The summed E-state index contributed by atoms with van der Waals surface area (Å²) in [6.07, 6.45) is 3.40. The summed E-state index contributed by atoms with van der Waals surface area (Å²) in [5.74, 6) is 1.62. The normalized spacial score (nSPS) is 17.1. The van der Waals surface area contributed by atoms with Gasteiger partial charge >= 0.3 is 0 Å². The Balaban J connectivity index is 1.65. The van der Waals surface area contributed by atoms with Crippen molar-refractivity contribution in [3.8, 4) is 11.5 Å². The number of nitrogens with one attached hydrogen (secondary N) is 3. The molecule has 9 heteroatoms. The van der Waals surface area contributed by atoms with Crippen LogP contribution in [0.25, 0.3) is 0 Å². The van der Waals surface area contributed by atoms with E-state index < -0.39 is 6.04 Å². The molecule has 0 spiro atoms. The Morgan fingerprint density at radius 2 is 2.14 bits per heavy atom. The molecule has 1 atom stereocenters. The Kier molecular flexibility index (Phi) is 6.49. The minimum absolute atomic E-state index is 0.0832. The number of carbonyl (C=O) groups is 2. The van der Waals surface area contributed by atoms with E-state index in [1.165, 1.54) is 0 Å². The highest BCUT2D eigenvalue weighted by atomic mass is 16.5. The maximum Gasteiger partial charge on any atom is 0.237 e. The molecule has 3 rings (SSSR count). The molecule has 0 aliphatic carbocycles. The predicted molar refractivity (Wildman–Crippen MR) is 102 cm³/mol. The molecule has 1 aliphatic heterocycles. The van der Waals surface area contributed by atoms with E-state index in [4.69, 9.17) is 9.47 Å². The Bertz CT molecular complexity index is 809. The minimum Gasteiger partial charge on any atom is -0.493 e. The molecule has 150 valence electrons. The summed E-state index contributed by atoms with van der Waals surface area (Å²) in [6, 6.07) is 5.13. The van der Waals surface area contributed by atoms with Gasteiger partial charge in [0.15, 0.2) is 11.5 Å². The summed E-state index contributed by atoms with van der Waals surface area (Å²) < 4.78 is 10.6. The Hall–Kier alpha value is -3.07. The first-order valence-corrected chi connectivity index (χ1v) is 9.08. The van der Waals surface area contributed by atoms with E-state index >= 15 is 0 Å². The summed E-state index contributed by atoms with van der Waals surface area (Å²) in [7, 11) is 3.17. The Labute approximate surface area is 163 Å². The van der Waals surface area contributed by atoms with Crippen molar-refractivity contribution < 1.29 is 19.1 Å². The zero-order valence-electron chi connectivity index (χ0n) is 16.0. The molecule has 2 heterocycles. The molecule has 1 fully saturated rings. The second-order valence-electron chi connectivity index (χ2n) is 6.48. The van der Waals surface area contributed by atoms with Gasteiger partial charge in [0.2, 0.25) is 11.8 Å². The van der Waals surface area contributed by atoms with Crippen LogP contribution in [0.3, 0.4) is 0 Å². The van der Waals surface area contributed by atoms with Gasteiger partial charge in [0.25, 0.3) is 0 Å². The highest BCUT2D eigenvalue weighted by Gasteiger charge is 2.31. The number of carbonyl (C=O) groups excluding carboxylic acids is 2. The SMILES string of the molecule is COc1ccc(CN2CCNC(=O)C2CC(=O)NCc2ncc[nH]2)cc1OC. The van der Waals surface area contributed by atoms with Gasteiger partial charge in [0.1, 0.15) is 5.82 Å². The smallest absolute Gasteiger partial charge is 0.237 e. The van der Waals surface area contributed by atoms with Crippen LogP contribution in [0.4, 0.5) is 0 Å². The van der Waals surface area contributed by atoms with E-state index in [0.717, 1.165) is 5.56 Å². The average Bonchev–Trinajstić information content (AvgIpc) is 3.22. The predicted octanol–water partition coefficient (Wildman–Crippen LogP) is 0.434. The number of hydrogen-bond donors (Lipinski definition) is 3. The maximum absolute atomic E-state index is 12.4. The number of imidazole rings is 1. The number of amides is 2. The zero-order chi connectivity index (χ0) is 19.9. The Morgan fingerprint density at radius 1 is 1.32 bits per heavy atom. The first kappa shape index (κ1) is 19.7. The molecular weight excluding hydrogens is 362 g/mol. The summed E-state index contributed by atoms with van der Waals surface area (Å²) in [6.45, 7) is 2.05. The van der Waals surface area contributed by atoms with Crippen molar-refractivity contribution in [3.63, 3.8) is 0 Å². The van der Waals surface area contributed by atoms with Crippen molar-refractivity contribution in [1.29, 1.82) is 0 Å². The number of H-pyrrole nitrogens is 1. The second-order valence-corrected chi connectivity index (χ2v) is 6.48. The highest BCUT2D eigenvalue weighted by Crippen LogP contribution is 2.28. The van der Waals surface area contributed by atoms with Gasteiger partial charge in [0.05, 0.1) is 33.2 Å². The molecule has 3 N–H and O–H groups in total. The highest BCUT2D eigenvalue weighted by molar-refractivity contribution is 5.88. The summed E-state index contributed by atoms with van der Waals surface area (Å²) in [5.41, 5.74) is 0.980. The summed E-state index contributed by atoms with van der Waals surface area (Å²) in [4.78, 5) is 33.7. The average molecular weight is 387 g/mol. The summed E-state index contributed by atoms with van der Waals surface area (Å²) >= 11 is 0. The van der Waals surface area contributed by atoms with Crippen LogP contribution in [0.2, 0.25) is 0 Å². The lowest BCUT2D eigenvalue weighted by Crippen LogP contribution is -2.56. The maximum atomic E-state index is 12.4. The van der Waals surface area contributed by atoms with E-state index in [1.807, 2.05) is 23.1 Å². The fourth-order valence-corrected chi connectivity index (χ4v) is 3.21. The van der Waals surface area contributed by atoms with Crippen LogP contribution in [0.15, 0.2) is 30.6 Å². The molecule has 0 bridgehead atoms. The lowest BCUT2D eigenvalue weighted by molar-refractivity contribution is -0.134. The largest absolute Gasteiger partial charge is 0.493 e. The van der Waals surface area contributed by atoms with Crippen LogP contribution in [0.1, 0.15) is 17.8 Å². The van der Waals surface area contributed by atoms with E-state index in [1.54, 1.807) is 26.6 Å². The van der Waals surface area contributed by atoms with Crippen molar-refractivity contribution in [3.05, 3.63) is 42.0 Å². The van der Waals surface area contributed by atoms with Gasteiger partial charge < -0.3 is 25.1 Å². The molecule has 2 amide bonds. The van der Waals surface area contributed by atoms with Crippen molar-refractivity contribution in [2.75, 3.05) is 27.3 Å². The molecule has 1 aliphatic rings. The van der Waals surface area contributed by atoms with Crippen LogP contribution in [-0.2, 0) is 22.7 Å². The zero-order valence-corrected chi connectivity index (χ0v) is 16.0. The van der Waals surface area contributed by atoms with Crippen molar-refractivity contribution in [2.24, 2.45) is 0 Å². The molecule has 9 nitrogen and oxygen atoms in total. The van der Waals surface area contributed by atoms with Gasteiger partial charge in [-0.3, -0.25) is 14.5 Å². The number of aromatic amines is 1. The van der Waals surface area contributed by atoms with Crippen LogP contribution < -0.4 is 20.1 Å². The van der Waals surface area contributed by atoms with Gasteiger partial charge in [-0.05, 0) is 17.7 Å². The second kappa shape index (κ2) is 9.23.